The van der Waals surface area contributed by atoms with Crippen LogP contribution in [0.2, 0.25) is 0 Å². The van der Waals surface area contributed by atoms with Crippen LogP contribution in [0.25, 0.3) is 0 Å². The summed E-state index contributed by atoms with van der Waals surface area (Å²) in [5, 5.41) is 4.56. The highest BCUT2D eigenvalue weighted by Gasteiger charge is 2.32. The molecule has 2 N–H and O–H groups in total. The molecular formula is C20H25N3O5S3. The molecule has 1 aliphatic heterocycles. The molecular weight excluding hydrogens is 458 g/mol. The number of nitrogens with one attached hydrogen (secondary N) is 2. The highest BCUT2D eigenvalue weighted by Crippen LogP contribution is 2.27. The average molecular weight is 484 g/mol. The Morgan fingerprint density at radius 2 is 1.81 bits per heavy atom. The summed E-state index contributed by atoms with van der Waals surface area (Å²) in [5.74, 6) is -0.606. The predicted octanol–water partition coefficient (Wildman–Crippen LogP) is 2.39. The Morgan fingerprint density at radius 3 is 2.39 bits per heavy atom. The Bertz CT molecular complexity index is 1100. The van der Waals surface area contributed by atoms with Gasteiger partial charge in [0, 0.05) is 31.2 Å². The fourth-order valence-corrected chi connectivity index (χ4v) is 7.00. The van der Waals surface area contributed by atoms with Gasteiger partial charge < -0.3 is 5.32 Å². The monoisotopic (exact) mass is 483 g/mol. The van der Waals surface area contributed by atoms with Gasteiger partial charge >= 0.3 is 0 Å². The molecule has 0 atom stereocenters. The number of benzene rings is 1. The first-order valence-electron chi connectivity index (χ1n) is 9.73. The van der Waals surface area contributed by atoms with Gasteiger partial charge in [-0.2, -0.15) is 4.31 Å². The molecule has 0 radical (unpaired) electrons. The SMILES string of the molecule is C=CCNS(=O)(=O)Cc1ccc(NC(=O)C2CCN(S(=O)(=O)c3cccs3)CC2)cc1. The summed E-state index contributed by atoms with van der Waals surface area (Å²) in [6.07, 6.45) is 2.36. The number of amides is 1. The molecule has 0 bridgehead atoms. The van der Waals surface area contributed by atoms with E-state index in [4.69, 9.17) is 0 Å². The Morgan fingerprint density at radius 1 is 1.13 bits per heavy atom. The van der Waals surface area contributed by atoms with Gasteiger partial charge in [-0.05, 0) is 42.0 Å². The topological polar surface area (TPSA) is 113 Å². The Kier molecular flexibility index (Phi) is 7.65. The maximum absolute atomic E-state index is 12.6. The van der Waals surface area contributed by atoms with Crippen LogP contribution >= 0.6 is 11.3 Å². The Hall–Kier alpha value is -2.05. The zero-order valence-electron chi connectivity index (χ0n) is 16.9. The number of piperidine rings is 1. The van der Waals surface area contributed by atoms with Gasteiger partial charge in [-0.15, -0.1) is 17.9 Å². The molecule has 2 aromatic rings. The van der Waals surface area contributed by atoms with Gasteiger partial charge in [-0.25, -0.2) is 21.6 Å². The molecule has 168 valence electrons. The lowest BCUT2D eigenvalue weighted by molar-refractivity contribution is -0.120. The first-order chi connectivity index (χ1) is 14.7. The zero-order chi connectivity index (χ0) is 22.5. The molecule has 1 aromatic heterocycles. The van der Waals surface area contributed by atoms with Crippen molar-refractivity contribution in [1.29, 1.82) is 0 Å². The molecule has 11 heteroatoms. The second kappa shape index (κ2) is 10.0. The van der Waals surface area contributed by atoms with Crippen LogP contribution in [0, 0.1) is 5.92 Å². The number of carbonyl (C=O) groups excluding carboxylic acids is 1. The second-order valence-electron chi connectivity index (χ2n) is 7.19. The molecule has 1 aromatic carbocycles. The zero-order valence-corrected chi connectivity index (χ0v) is 19.3. The fourth-order valence-electron chi connectivity index (χ4n) is 3.28. The number of nitrogens with zero attached hydrogens (tertiary/aromatic N) is 1. The second-order valence-corrected chi connectivity index (χ2v) is 12.1. The quantitative estimate of drug-likeness (QED) is 0.532. The molecule has 1 fully saturated rings. The smallest absolute Gasteiger partial charge is 0.252 e. The van der Waals surface area contributed by atoms with Crippen molar-refractivity contribution in [3.05, 3.63) is 60.0 Å². The Balaban J connectivity index is 1.52. The van der Waals surface area contributed by atoms with Gasteiger partial charge in [0.15, 0.2) is 0 Å². The van der Waals surface area contributed by atoms with Crippen LogP contribution < -0.4 is 10.0 Å². The van der Waals surface area contributed by atoms with Crippen molar-refractivity contribution < 1.29 is 21.6 Å². The standard InChI is InChI=1S/C20H25N3O5S3/c1-2-11-21-30(25,26)15-16-5-7-18(8-6-16)22-20(24)17-9-12-23(13-10-17)31(27,28)19-4-3-14-29-19/h2-8,14,17,21H,1,9-13,15H2,(H,22,24). The minimum absolute atomic E-state index is 0.160. The summed E-state index contributed by atoms with van der Waals surface area (Å²) in [5.41, 5.74) is 1.17. The van der Waals surface area contributed by atoms with E-state index in [0.717, 1.165) is 0 Å². The van der Waals surface area contributed by atoms with Crippen LogP contribution in [0.3, 0.4) is 0 Å². The van der Waals surface area contributed by atoms with Crippen molar-refractivity contribution in [1.82, 2.24) is 9.03 Å². The third-order valence-corrected chi connectivity index (χ3v) is 9.53. The molecule has 1 amide bonds. The van der Waals surface area contributed by atoms with Gasteiger partial charge in [-0.1, -0.05) is 24.3 Å². The van der Waals surface area contributed by atoms with E-state index in [1.807, 2.05) is 0 Å². The van der Waals surface area contributed by atoms with Crippen molar-refractivity contribution in [2.24, 2.45) is 5.92 Å². The molecule has 8 nitrogen and oxygen atoms in total. The van der Waals surface area contributed by atoms with Crippen LogP contribution in [0.15, 0.2) is 58.6 Å². The number of sulfonamides is 2. The summed E-state index contributed by atoms with van der Waals surface area (Å²) in [6, 6.07) is 9.91. The van der Waals surface area contributed by atoms with Crippen molar-refractivity contribution in [2.45, 2.75) is 22.8 Å². The number of rotatable bonds is 9. The Labute approximate surface area is 187 Å². The molecule has 0 unspecified atom stereocenters. The van der Waals surface area contributed by atoms with E-state index >= 15 is 0 Å². The van der Waals surface area contributed by atoms with E-state index in [-0.39, 0.29) is 24.1 Å². The maximum Gasteiger partial charge on any atom is 0.252 e. The summed E-state index contributed by atoms with van der Waals surface area (Å²) in [6.45, 7) is 4.24. The molecule has 0 spiro atoms. The molecule has 31 heavy (non-hydrogen) atoms. The van der Waals surface area contributed by atoms with Crippen molar-refractivity contribution in [3.8, 4) is 0 Å². The lowest BCUT2D eigenvalue weighted by Crippen LogP contribution is -2.41. The minimum Gasteiger partial charge on any atom is -0.326 e. The van der Waals surface area contributed by atoms with Crippen molar-refractivity contribution >= 4 is 43.0 Å². The van der Waals surface area contributed by atoms with E-state index < -0.39 is 20.0 Å². The van der Waals surface area contributed by atoms with Crippen LogP contribution in [0.4, 0.5) is 5.69 Å². The van der Waals surface area contributed by atoms with Gasteiger partial charge in [0.05, 0.1) is 5.75 Å². The average Bonchev–Trinajstić information content (AvgIpc) is 3.29. The van der Waals surface area contributed by atoms with Gasteiger partial charge in [0.25, 0.3) is 10.0 Å². The molecule has 2 heterocycles. The summed E-state index contributed by atoms with van der Waals surface area (Å²) < 4.78 is 53.2. The van der Waals surface area contributed by atoms with E-state index in [0.29, 0.717) is 41.4 Å². The fraction of sp³-hybridized carbons (Fsp3) is 0.350. The van der Waals surface area contributed by atoms with Crippen LogP contribution in [-0.4, -0.2) is 46.7 Å². The van der Waals surface area contributed by atoms with Crippen molar-refractivity contribution in [3.63, 3.8) is 0 Å². The van der Waals surface area contributed by atoms with Crippen LogP contribution in [-0.2, 0) is 30.6 Å². The highest BCUT2D eigenvalue weighted by atomic mass is 32.2. The van der Waals surface area contributed by atoms with E-state index in [2.05, 4.69) is 16.6 Å². The van der Waals surface area contributed by atoms with Crippen LogP contribution in [0.1, 0.15) is 18.4 Å². The number of hydrogen-bond acceptors (Lipinski definition) is 6. The highest BCUT2D eigenvalue weighted by molar-refractivity contribution is 7.91. The summed E-state index contributed by atoms with van der Waals surface area (Å²) >= 11 is 1.19. The van der Waals surface area contributed by atoms with Crippen LogP contribution in [0.5, 0.6) is 0 Å². The molecule has 0 aliphatic carbocycles. The van der Waals surface area contributed by atoms with Crippen molar-refractivity contribution in [2.75, 3.05) is 25.0 Å². The third-order valence-electron chi connectivity index (χ3n) is 4.94. The molecule has 1 aliphatic rings. The molecule has 1 saturated heterocycles. The summed E-state index contributed by atoms with van der Waals surface area (Å²) in [7, 11) is -6.94. The maximum atomic E-state index is 12.6. The number of hydrogen-bond donors (Lipinski definition) is 2. The summed E-state index contributed by atoms with van der Waals surface area (Å²) in [4.78, 5) is 12.6. The largest absolute Gasteiger partial charge is 0.326 e. The number of anilines is 1. The van der Waals surface area contributed by atoms with Gasteiger partial charge in [0.1, 0.15) is 4.21 Å². The third kappa shape index (κ3) is 6.23. The predicted molar refractivity (Wildman–Crippen MR) is 122 cm³/mol. The van der Waals surface area contributed by atoms with E-state index in [9.17, 15) is 21.6 Å². The van der Waals surface area contributed by atoms with Gasteiger partial charge in [-0.3, -0.25) is 4.79 Å². The molecule has 0 saturated carbocycles. The number of thiophene rings is 1. The normalized spacial score (nSPS) is 16.1. The van der Waals surface area contributed by atoms with Gasteiger partial charge in [0.2, 0.25) is 15.9 Å². The van der Waals surface area contributed by atoms with E-state index in [1.54, 1.807) is 41.8 Å². The number of carbonyl (C=O) groups is 1. The van der Waals surface area contributed by atoms with E-state index in [1.165, 1.54) is 21.7 Å². The first kappa shape index (κ1) is 23.6. The lowest BCUT2D eigenvalue weighted by atomic mass is 9.97. The minimum atomic E-state index is -3.49. The first-order valence-corrected chi connectivity index (χ1v) is 13.7. The lowest BCUT2D eigenvalue weighted by Gasteiger charge is -2.30. The molecule has 3 rings (SSSR count).